The molecule has 1 aromatic rings. The van der Waals surface area contributed by atoms with Crippen LogP contribution in [0.4, 0.5) is 0 Å². The predicted molar refractivity (Wildman–Crippen MR) is 90.3 cm³/mol. The van der Waals surface area contributed by atoms with Crippen molar-refractivity contribution in [2.75, 3.05) is 13.1 Å². The van der Waals surface area contributed by atoms with Crippen LogP contribution >= 0.6 is 23.2 Å². The Balaban J connectivity index is 2.11. The van der Waals surface area contributed by atoms with Crippen LogP contribution in [0.3, 0.4) is 0 Å². The van der Waals surface area contributed by atoms with Gasteiger partial charge in [-0.05, 0) is 57.0 Å². The van der Waals surface area contributed by atoms with Crippen LogP contribution in [0.15, 0.2) is 18.2 Å². The highest BCUT2D eigenvalue weighted by molar-refractivity contribution is 6.42. The molecule has 1 aromatic carbocycles. The van der Waals surface area contributed by atoms with E-state index in [1.54, 1.807) is 6.07 Å². The molecule has 21 heavy (non-hydrogen) atoms. The van der Waals surface area contributed by atoms with Crippen LogP contribution < -0.4 is 0 Å². The number of halogens is 2. The van der Waals surface area contributed by atoms with Gasteiger partial charge in [0.1, 0.15) is 0 Å². The van der Waals surface area contributed by atoms with Gasteiger partial charge in [-0.25, -0.2) is 0 Å². The molecule has 1 saturated heterocycles. The van der Waals surface area contributed by atoms with E-state index in [9.17, 15) is 5.11 Å². The van der Waals surface area contributed by atoms with Gasteiger partial charge in [0.25, 0.3) is 0 Å². The number of benzene rings is 1. The molecule has 1 fully saturated rings. The van der Waals surface area contributed by atoms with Crippen molar-refractivity contribution in [3.63, 3.8) is 0 Å². The van der Waals surface area contributed by atoms with E-state index >= 15 is 0 Å². The van der Waals surface area contributed by atoms with Gasteiger partial charge < -0.3 is 5.11 Å². The lowest BCUT2D eigenvalue weighted by atomic mass is 9.84. The third kappa shape index (κ3) is 3.92. The topological polar surface area (TPSA) is 23.5 Å². The molecule has 0 aromatic heterocycles. The van der Waals surface area contributed by atoms with Gasteiger partial charge in [-0.2, -0.15) is 0 Å². The molecule has 1 heterocycles. The van der Waals surface area contributed by atoms with Gasteiger partial charge in [0.2, 0.25) is 0 Å². The minimum Gasteiger partial charge on any atom is -0.391 e. The van der Waals surface area contributed by atoms with Crippen molar-refractivity contribution < 1.29 is 5.11 Å². The van der Waals surface area contributed by atoms with Crippen LogP contribution in [-0.4, -0.2) is 34.7 Å². The van der Waals surface area contributed by atoms with Crippen molar-refractivity contribution in [3.8, 4) is 0 Å². The first-order valence-corrected chi connectivity index (χ1v) is 8.60. The number of aliphatic hydroxyl groups is 1. The molecule has 4 heteroatoms. The van der Waals surface area contributed by atoms with E-state index in [1.807, 2.05) is 12.1 Å². The molecule has 2 unspecified atom stereocenters. The average Bonchev–Trinajstić information content (AvgIpc) is 2.51. The molecule has 0 saturated carbocycles. The van der Waals surface area contributed by atoms with Gasteiger partial charge in [-0.15, -0.1) is 0 Å². The number of aliphatic hydroxyl groups excluding tert-OH is 1. The van der Waals surface area contributed by atoms with Gasteiger partial charge in [-0.3, -0.25) is 4.90 Å². The maximum absolute atomic E-state index is 10.8. The number of piperidine rings is 1. The van der Waals surface area contributed by atoms with Crippen molar-refractivity contribution in [2.45, 2.75) is 57.6 Å². The van der Waals surface area contributed by atoms with Gasteiger partial charge in [0.15, 0.2) is 0 Å². The first-order valence-electron chi connectivity index (χ1n) is 7.84. The zero-order valence-electron chi connectivity index (χ0n) is 12.9. The predicted octanol–water partition coefficient (Wildman–Crippen LogP) is 4.55. The molecule has 1 N–H and O–H groups in total. The summed E-state index contributed by atoms with van der Waals surface area (Å²) in [7, 11) is 0. The number of hydrogen-bond donors (Lipinski definition) is 1. The lowest BCUT2D eigenvalue weighted by Crippen LogP contribution is -2.56. The molecule has 0 radical (unpaired) electrons. The second kappa shape index (κ2) is 7.32. The third-order valence-corrected chi connectivity index (χ3v) is 5.66. The lowest BCUT2D eigenvalue weighted by Gasteiger charge is -2.46. The molecule has 1 aliphatic rings. The molecule has 118 valence electrons. The van der Waals surface area contributed by atoms with Crippen LogP contribution in [0.1, 0.15) is 45.1 Å². The van der Waals surface area contributed by atoms with E-state index in [2.05, 4.69) is 18.7 Å². The molecule has 2 atom stereocenters. The summed E-state index contributed by atoms with van der Waals surface area (Å²) in [5, 5.41) is 11.9. The number of rotatable bonds is 5. The minimum atomic E-state index is -0.405. The molecule has 0 spiro atoms. The Morgan fingerprint density at radius 3 is 2.43 bits per heavy atom. The van der Waals surface area contributed by atoms with E-state index in [1.165, 1.54) is 19.3 Å². The number of likely N-dealkylation sites (tertiary alicyclic amines) is 1. The fourth-order valence-corrected chi connectivity index (χ4v) is 3.51. The molecule has 1 aliphatic heterocycles. The second-order valence-electron chi connectivity index (χ2n) is 6.23. The van der Waals surface area contributed by atoms with Gasteiger partial charge >= 0.3 is 0 Å². The maximum Gasteiger partial charge on any atom is 0.0761 e. The SMILES string of the molecule is CCC(C)(C(O)Cc1ccc(Cl)c(Cl)c1)N1CCCCC1. The van der Waals surface area contributed by atoms with Crippen LogP contribution in [0.2, 0.25) is 10.0 Å². The summed E-state index contributed by atoms with van der Waals surface area (Å²) < 4.78 is 0. The van der Waals surface area contributed by atoms with Crippen molar-refractivity contribution in [1.82, 2.24) is 4.90 Å². The second-order valence-corrected chi connectivity index (χ2v) is 7.04. The van der Waals surface area contributed by atoms with Crippen molar-refractivity contribution in [1.29, 1.82) is 0 Å². The van der Waals surface area contributed by atoms with Gasteiger partial charge in [0, 0.05) is 12.0 Å². The zero-order valence-corrected chi connectivity index (χ0v) is 14.4. The molecule has 0 amide bonds. The van der Waals surface area contributed by atoms with Crippen LogP contribution in [0.25, 0.3) is 0 Å². The monoisotopic (exact) mass is 329 g/mol. The fraction of sp³-hybridized carbons (Fsp3) is 0.647. The van der Waals surface area contributed by atoms with Crippen LogP contribution in [0, 0.1) is 0 Å². The van der Waals surface area contributed by atoms with Gasteiger partial charge in [0.05, 0.1) is 16.1 Å². The van der Waals surface area contributed by atoms with Gasteiger partial charge in [-0.1, -0.05) is 42.6 Å². The smallest absolute Gasteiger partial charge is 0.0761 e. The molecule has 2 rings (SSSR count). The normalized spacial score (nSPS) is 21.0. The standard InChI is InChI=1S/C17H25Cl2NO/c1-3-17(2,20-9-5-4-6-10-20)16(21)12-13-7-8-14(18)15(19)11-13/h7-8,11,16,21H,3-6,9-10,12H2,1-2H3. The zero-order chi connectivity index (χ0) is 15.5. The Labute approximate surface area is 138 Å². The van der Waals surface area contributed by atoms with Crippen LogP contribution in [-0.2, 0) is 6.42 Å². The number of hydrogen-bond acceptors (Lipinski definition) is 2. The first-order chi connectivity index (χ1) is 9.97. The molecule has 0 aliphatic carbocycles. The Hall–Kier alpha value is -0.280. The maximum atomic E-state index is 10.8. The van der Waals surface area contributed by atoms with Crippen molar-refractivity contribution >= 4 is 23.2 Å². The summed E-state index contributed by atoms with van der Waals surface area (Å²) in [6.45, 7) is 6.51. The van der Waals surface area contributed by atoms with E-state index in [-0.39, 0.29) is 5.54 Å². The highest BCUT2D eigenvalue weighted by Crippen LogP contribution is 2.30. The third-order valence-electron chi connectivity index (χ3n) is 4.93. The number of nitrogens with zero attached hydrogens (tertiary/aromatic N) is 1. The molecule has 0 bridgehead atoms. The van der Waals surface area contributed by atoms with Crippen LogP contribution in [0.5, 0.6) is 0 Å². The van der Waals surface area contributed by atoms with E-state index in [4.69, 9.17) is 23.2 Å². The summed E-state index contributed by atoms with van der Waals surface area (Å²) in [5.41, 5.74) is 0.862. The average molecular weight is 330 g/mol. The highest BCUT2D eigenvalue weighted by atomic mass is 35.5. The summed E-state index contributed by atoms with van der Waals surface area (Å²) in [4.78, 5) is 2.46. The van der Waals surface area contributed by atoms with E-state index in [0.29, 0.717) is 16.5 Å². The highest BCUT2D eigenvalue weighted by Gasteiger charge is 2.37. The van der Waals surface area contributed by atoms with Crippen molar-refractivity contribution in [3.05, 3.63) is 33.8 Å². The quantitative estimate of drug-likeness (QED) is 0.856. The minimum absolute atomic E-state index is 0.174. The molecular formula is C17H25Cl2NO. The van der Waals surface area contributed by atoms with Crippen molar-refractivity contribution in [2.24, 2.45) is 0 Å². The molecule has 2 nitrogen and oxygen atoms in total. The Kier molecular flexibility index (Phi) is 5.96. The largest absolute Gasteiger partial charge is 0.391 e. The molecular weight excluding hydrogens is 305 g/mol. The summed E-state index contributed by atoms with van der Waals surface area (Å²) in [5.74, 6) is 0. The summed E-state index contributed by atoms with van der Waals surface area (Å²) in [6, 6.07) is 5.61. The van der Waals surface area contributed by atoms with E-state index < -0.39 is 6.10 Å². The van der Waals surface area contributed by atoms with E-state index in [0.717, 1.165) is 25.1 Å². The Morgan fingerprint density at radius 2 is 1.86 bits per heavy atom. The Bertz CT molecular complexity index is 474. The summed E-state index contributed by atoms with van der Waals surface area (Å²) in [6.07, 6.45) is 4.91. The lowest BCUT2D eigenvalue weighted by molar-refractivity contribution is -0.0328. The fourth-order valence-electron chi connectivity index (χ4n) is 3.18. The Morgan fingerprint density at radius 1 is 1.19 bits per heavy atom. The first kappa shape index (κ1) is 17.1. The summed E-state index contributed by atoms with van der Waals surface area (Å²) >= 11 is 12.0.